The Bertz CT molecular complexity index is 344. The summed E-state index contributed by atoms with van der Waals surface area (Å²) in [5.74, 6) is -1.11. The summed E-state index contributed by atoms with van der Waals surface area (Å²) in [6, 6.07) is 2.34. The van der Waals surface area contributed by atoms with Crippen LogP contribution in [0.5, 0.6) is 0 Å². The van der Waals surface area contributed by atoms with E-state index in [-0.39, 0.29) is 5.56 Å². The van der Waals surface area contributed by atoms with Crippen molar-refractivity contribution >= 4 is 21.9 Å². The fourth-order valence-corrected chi connectivity index (χ4v) is 1.07. The average molecular weight is 218 g/mol. The quantitative estimate of drug-likeness (QED) is 0.686. The zero-order valence-corrected chi connectivity index (χ0v) is 6.88. The Morgan fingerprint density at radius 1 is 1.55 bits per heavy atom. The summed E-state index contributed by atoms with van der Waals surface area (Å²) in [5, 5.41) is 8.46. The van der Waals surface area contributed by atoms with Gasteiger partial charge in [-0.25, -0.2) is 4.79 Å². The molecule has 5 heteroatoms. The van der Waals surface area contributed by atoms with Gasteiger partial charge in [0.2, 0.25) is 5.56 Å². The number of H-pyrrole nitrogens is 1. The van der Waals surface area contributed by atoms with Crippen molar-refractivity contribution in [2.45, 2.75) is 0 Å². The van der Waals surface area contributed by atoms with Gasteiger partial charge in [0.15, 0.2) is 0 Å². The van der Waals surface area contributed by atoms with Crippen molar-refractivity contribution in [1.82, 2.24) is 4.98 Å². The first-order valence-electron chi connectivity index (χ1n) is 2.73. The fraction of sp³-hybridized carbons (Fsp3) is 0. The second-order valence-corrected chi connectivity index (χ2v) is 2.74. The standard InChI is InChI=1S/C6H4BrNO3/c7-4-1-3(6(10)11)2-5(9)8-4/h1-2H,(H,8,9)(H,10,11). The van der Waals surface area contributed by atoms with Gasteiger partial charge in [-0.2, -0.15) is 0 Å². The molecule has 2 N–H and O–H groups in total. The number of aromatic amines is 1. The largest absolute Gasteiger partial charge is 0.478 e. The lowest BCUT2D eigenvalue weighted by Gasteiger charge is -1.92. The summed E-state index contributed by atoms with van der Waals surface area (Å²) in [7, 11) is 0. The third kappa shape index (κ3) is 1.91. The Kier molecular flexibility index (Phi) is 2.09. The molecule has 0 bridgehead atoms. The number of hydrogen-bond donors (Lipinski definition) is 2. The van der Waals surface area contributed by atoms with Crippen LogP contribution < -0.4 is 5.56 Å². The molecule has 0 aromatic carbocycles. The number of carboxylic acid groups (broad SMARTS) is 1. The molecule has 0 aliphatic heterocycles. The first-order valence-corrected chi connectivity index (χ1v) is 3.52. The second-order valence-electron chi connectivity index (χ2n) is 1.89. The van der Waals surface area contributed by atoms with E-state index in [9.17, 15) is 9.59 Å². The maximum atomic E-state index is 10.7. The van der Waals surface area contributed by atoms with Gasteiger partial charge in [-0.05, 0) is 22.0 Å². The Morgan fingerprint density at radius 2 is 2.18 bits per heavy atom. The molecule has 0 saturated heterocycles. The highest BCUT2D eigenvalue weighted by molar-refractivity contribution is 9.10. The summed E-state index contributed by atoms with van der Waals surface area (Å²) in [6.45, 7) is 0. The van der Waals surface area contributed by atoms with Gasteiger partial charge in [-0.3, -0.25) is 4.79 Å². The smallest absolute Gasteiger partial charge is 0.335 e. The molecular weight excluding hydrogens is 214 g/mol. The highest BCUT2D eigenvalue weighted by atomic mass is 79.9. The van der Waals surface area contributed by atoms with Crippen molar-refractivity contribution in [2.75, 3.05) is 0 Å². The van der Waals surface area contributed by atoms with Crippen molar-refractivity contribution in [1.29, 1.82) is 0 Å². The fourth-order valence-electron chi connectivity index (χ4n) is 0.633. The van der Waals surface area contributed by atoms with Gasteiger partial charge in [0.05, 0.1) is 10.2 Å². The Labute approximate surface area is 70.0 Å². The van der Waals surface area contributed by atoms with Crippen LogP contribution in [0.1, 0.15) is 10.4 Å². The van der Waals surface area contributed by atoms with Gasteiger partial charge in [0.25, 0.3) is 0 Å². The number of carboxylic acids is 1. The molecule has 0 unspecified atom stereocenters. The van der Waals surface area contributed by atoms with Crippen LogP contribution in [0.4, 0.5) is 0 Å². The molecule has 1 rings (SSSR count). The maximum absolute atomic E-state index is 10.7. The summed E-state index contributed by atoms with van der Waals surface area (Å²) < 4.78 is 0.363. The van der Waals surface area contributed by atoms with Crippen molar-refractivity contribution in [3.63, 3.8) is 0 Å². The molecule has 1 heterocycles. The van der Waals surface area contributed by atoms with Crippen LogP contribution in [0.25, 0.3) is 0 Å². The number of carbonyl (C=O) groups is 1. The molecule has 1 aromatic heterocycles. The van der Waals surface area contributed by atoms with E-state index in [0.717, 1.165) is 6.07 Å². The molecule has 58 valence electrons. The van der Waals surface area contributed by atoms with Crippen LogP contribution >= 0.6 is 15.9 Å². The highest BCUT2D eigenvalue weighted by Gasteiger charge is 2.03. The van der Waals surface area contributed by atoms with Gasteiger partial charge < -0.3 is 10.1 Å². The molecule has 0 spiro atoms. The topological polar surface area (TPSA) is 70.2 Å². The molecule has 0 amide bonds. The average Bonchev–Trinajstić information content (AvgIpc) is 1.85. The van der Waals surface area contributed by atoms with E-state index in [0.29, 0.717) is 4.60 Å². The van der Waals surface area contributed by atoms with E-state index in [2.05, 4.69) is 20.9 Å². The van der Waals surface area contributed by atoms with Gasteiger partial charge in [0, 0.05) is 6.07 Å². The van der Waals surface area contributed by atoms with E-state index >= 15 is 0 Å². The highest BCUT2D eigenvalue weighted by Crippen LogP contribution is 2.04. The van der Waals surface area contributed by atoms with Crippen LogP contribution in [0.2, 0.25) is 0 Å². The predicted molar refractivity (Wildman–Crippen MR) is 41.7 cm³/mol. The van der Waals surface area contributed by atoms with E-state index in [1.807, 2.05) is 0 Å². The van der Waals surface area contributed by atoms with E-state index in [1.54, 1.807) is 0 Å². The molecule has 0 aliphatic carbocycles. The lowest BCUT2D eigenvalue weighted by atomic mass is 10.3. The summed E-state index contributed by atoms with van der Waals surface area (Å²) in [4.78, 5) is 23.4. The second kappa shape index (κ2) is 2.87. The number of aromatic nitrogens is 1. The first kappa shape index (κ1) is 8.00. The number of pyridine rings is 1. The molecule has 1 aromatic rings. The SMILES string of the molecule is O=C(O)c1cc(Br)[nH]c(=O)c1. The van der Waals surface area contributed by atoms with E-state index < -0.39 is 11.5 Å². The molecular formula is C6H4BrNO3. The lowest BCUT2D eigenvalue weighted by molar-refractivity contribution is 0.0696. The minimum absolute atomic E-state index is 0.0272. The third-order valence-electron chi connectivity index (χ3n) is 1.06. The first-order chi connectivity index (χ1) is 5.09. The molecule has 0 saturated carbocycles. The predicted octanol–water partition coefficient (Wildman–Crippen LogP) is 0.836. The monoisotopic (exact) mass is 217 g/mol. The molecule has 4 nitrogen and oxygen atoms in total. The van der Waals surface area contributed by atoms with Crippen LogP contribution in [0.15, 0.2) is 21.5 Å². The molecule has 0 aliphatic rings. The number of halogens is 1. The summed E-state index contributed by atoms with van der Waals surface area (Å²) >= 11 is 2.96. The molecule has 0 radical (unpaired) electrons. The lowest BCUT2D eigenvalue weighted by Crippen LogP contribution is -2.08. The van der Waals surface area contributed by atoms with Gasteiger partial charge >= 0.3 is 5.97 Å². The van der Waals surface area contributed by atoms with Crippen molar-refractivity contribution in [3.05, 3.63) is 32.7 Å². The summed E-state index contributed by atoms with van der Waals surface area (Å²) in [5.41, 5.74) is -0.461. The van der Waals surface area contributed by atoms with Gasteiger partial charge in [0.1, 0.15) is 0 Å². The number of nitrogens with one attached hydrogen (secondary N) is 1. The molecule has 0 fully saturated rings. The number of rotatable bonds is 1. The molecule has 11 heavy (non-hydrogen) atoms. The van der Waals surface area contributed by atoms with Crippen molar-refractivity contribution in [2.24, 2.45) is 0 Å². The Balaban J connectivity index is 3.30. The Hall–Kier alpha value is -1.10. The van der Waals surface area contributed by atoms with E-state index in [1.165, 1.54) is 6.07 Å². The van der Waals surface area contributed by atoms with Crippen molar-refractivity contribution in [3.8, 4) is 0 Å². The van der Waals surface area contributed by atoms with Crippen molar-refractivity contribution < 1.29 is 9.90 Å². The van der Waals surface area contributed by atoms with Crippen LogP contribution in [0.3, 0.4) is 0 Å². The minimum Gasteiger partial charge on any atom is -0.478 e. The van der Waals surface area contributed by atoms with Crippen LogP contribution in [0, 0.1) is 0 Å². The van der Waals surface area contributed by atoms with E-state index in [4.69, 9.17) is 5.11 Å². The maximum Gasteiger partial charge on any atom is 0.335 e. The number of hydrogen-bond acceptors (Lipinski definition) is 2. The van der Waals surface area contributed by atoms with Gasteiger partial charge in [-0.1, -0.05) is 0 Å². The minimum atomic E-state index is -1.11. The van der Waals surface area contributed by atoms with Crippen LogP contribution in [-0.2, 0) is 0 Å². The molecule has 0 atom stereocenters. The van der Waals surface area contributed by atoms with Crippen LogP contribution in [-0.4, -0.2) is 16.1 Å². The van der Waals surface area contributed by atoms with Gasteiger partial charge in [-0.15, -0.1) is 0 Å². The summed E-state index contributed by atoms with van der Waals surface area (Å²) in [6.07, 6.45) is 0. The number of aromatic carboxylic acids is 1. The Morgan fingerprint density at radius 3 is 2.64 bits per heavy atom. The third-order valence-corrected chi connectivity index (χ3v) is 1.49. The zero-order valence-electron chi connectivity index (χ0n) is 5.30. The normalized spacial score (nSPS) is 9.55. The zero-order chi connectivity index (χ0) is 8.43.